The summed E-state index contributed by atoms with van der Waals surface area (Å²) >= 11 is 5.43. The monoisotopic (exact) mass is 263 g/mol. The largest absolute Gasteiger partial charge is 0.329 e. The fraction of sp³-hybridized carbons (Fsp3) is 0.571. The highest BCUT2D eigenvalue weighted by Crippen LogP contribution is 2.24. The van der Waals surface area contributed by atoms with Gasteiger partial charge in [0.05, 0.1) is 5.52 Å². The number of fused-ring (bicyclic) bond motifs is 1. The molecule has 0 radical (unpaired) electrons. The molecule has 0 fully saturated rings. The fourth-order valence-corrected chi connectivity index (χ4v) is 2.74. The van der Waals surface area contributed by atoms with E-state index in [1.54, 1.807) is 0 Å². The molecule has 0 aromatic carbocycles. The first-order valence-corrected chi connectivity index (χ1v) is 7.01. The zero-order chi connectivity index (χ0) is 13.3. The van der Waals surface area contributed by atoms with Crippen molar-refractivity contribution < 1.29 is 0 Å². The van der Waals surface area contributed by atoms with E-state index in [4.69, 9.17) is 12.2 Å². The molecule has 0 saturated heterocycles. The molecule has 2 unspecified atom stereocenters. The molecule has 1 N–H and O–H groups in total. The number of hydrogen-bond donors (Lipinski definition) is 1. The smallest absolute Gasteiger partial charge is 0.179 e. The molecular weight excluding hydrogens is 242 g/mol. The van der Waals surface area contributed by atoms with Gasteiger partial charge < -0.3 is 4.98 Å². The Hall–Kier alpha value is -1.16. The predicted molar refractivity (Wildman–Crippen MR) is 78.4 cm³/mol. The lowest BCUT2D eigenvalue weighted by Gasteiger charge is -2.17. The van der Waals surface area contributed by atoms with E-state index in [9.17, 15) is 0 Å². The van der Waals surface area contributed by atoms with Crippen LogP contribution in [0.15, 0.2) is 12.1 Å². The lowest BCUT2D eigenvalue weighted by molar-refractivity contribution is 0.401. The number of imidazole rings is 1. The molecule has 0 amide bonds. The molecule has 0 aliphatic heterocycles. The van der Waals surface area contributed by atoms with Gasteiger partial charge in [-0.05, 0) is 50.5 Å². The molecular formula is C14H21N3S. The summed E-state index contributed by atoms with van der Waals surface area (Å²) in [7, 11) is 0. The summed E-state index contributed by atoms with van der Waals surface area (Å²) in [6.07, 6.45) is 2.33. The van der Waals surface area contributed by atoms with Crippen molar-refractivity contribution in [1.82, 2.24) is 14.5 Å². The first-order valence-electron chi connectivity index (χ1n) is 6.60. The zero-order valence-electron chi connectivity index (χ0n) is 11.5. The average molecular weight is 263 g/mol. The molecule has 0 aliphatic rings. The summed E-state index contributed by atoms with van der Waals surface area (Å²) in [4.78, 5) is 7.86. The second kappa shape index (κ2) is 5.22. The highest BCUT2D eigenvalue weighted by atomic mass is 32.1. The number of aryl methyl sites for hydroxylation is 1. The van der Waals surface area contributed by atoms with Gasteiger partial charge in [-0.2, -0.15) is 0 Å². The SMILES string of the molecule is CCC(C)CC(C)n1c(=S)[nH]c2ccc(C)nc21. The lowest BCUT2D eigenvalue weighted by Crippen LogP contribution is -2.10. The molecule has 2 aromatic heterocycles. The molecule has 2 rings (SSSR count). The van der Waals surface area contributed by atoms with Crippen molar-refractivity contribution in [2.75, 3.05) is 0 Å². The molecule has 3 nitrogen and oxygen atoms in total. The quantitative estimate of drug-likeness (QED) is 0.829. The van der Waals surface area contributed by atoms with Gasteiger partial charge in [0.15, 0.2) is 10.4 Å². The molecule has 2 atom stereocenters. The summed E-state index contributed by atoms with van der Waals surface area (Å²) in [6, 6.07) is 4.45. The van der Waals surface area contributed by atoms with Gasteiger partial charge in [-0.25, -0.2) is 4.98 Å². The number of aromatic amines is 1. The average Bonchev–Trinajstić information content (AvgIpc) is 2.64. The van der Waals surface area contributed by atoms with Gasteiger partial charge in [-0.1, -0.05) is 20.3 Å². The van der Waals surface area contributed by atoms with Crippen LogP contribution in [0.25, 0.3) is 11.2 Å². The van der Waals surface area contributed by atoms with E-state index in [0.29, 0.717) is 12.0 Å². The van der Waals surface area contributed by atoms with Crippen LogP contribution in [0.1, 0.15) is 45.3 Å². The normalized spacial score (nSPS) is 14.9. The predicted octanol–water partition coefficient (Wildman–Crippen LogP) is 4.40. The number of H-pyrrole nitrogens is 1. The topological polar surface area (TPSA) is 33.6 Å². The van der Waals surface area contributed by atoms with Crippen LogP contribution in [0.4, 0.5) is 0 Å². The first kappa shape index (κ1) is 13.3. The van der Waals surface area contributed by atoms with Crippen LogP contribution in [0.3, 0.4) is 0 Å². The number of nitrogens with zero attached hydrogens (tertiary/aromatic N) is 2. The minimum Gasteiger partial charge on any atom is -0.329 e. The lowest BCUT2D eigenvalue weighted by atomic mass is 10.0. The zero-order valence-corrected chi connectivity index (χ0v) is 12.3. The molecule has 2 aromatic rings. The van der Waals surface area contributed by atoms with Crippen molar-refractivity contribution in [1.29, 1.82) is 0 Å². The third-order valence-electron chi connectivity index (χ3n) is 3.58. The first-order chi connectivity index (χ1) is 8.52. The minimum atomic E-state index is 0.385. The summed E-state index contributed by atoms with van der Waals surface area (Å²) in [5.74, 6) is 0.705. The molecule has 0 spiro atoms. The van der Waals surface area contributed by atoms with Gasteiger partial charge in [0.2, 0.25) is 0 Å². The molecule has 18 heavy (non-hydrogen) atoms. The molecule has 98 valence electrons. The maximum Gasteiger partial charge on any atom is 0.179 e. The van der Waals surface area contributed by atoms with E-state index in [-0.39, 0.29) is 0 Å². The summed E-state index contributed by atoms with van der Waals surface area (Å²) in [6.45, 7) is 8.75. The Labute approximate surface area is 113 Å². The van der Waals surface area contributed by atoms with Crippen LogP contribution < -0.4 is 0 Å². The highest BCUT2D eigenvalue weighted by molar-refractivity contribution is 7.71. The Morgan fingerprint density at radius 3 is 2.78 bits per heavy atom. The fourth-order valence-electron chi connectivity index (χ4n) is 2.36. The molecule has 0 aliphatic carbocycles. The van der Waals surface area contributed by atoms with Crippen molar-refractivity contribution in [3.8, 4) is 0 Å². The minimum absolute atomic E-state index is 0.385. The van der Waals surface area contributed by atoms with E-state index >= 15 is 0 Å². The van der Waals surface area contributed by atoms with Crippen LogP contribution in [-0.4, -0.2) is 14.5 Å². The van der Waals surface area contributed by atoms with Crippen LogP contribution in [0, 0.1) is 17.6 Å². The maximum absolute atomic E-state index is 5.43. The van der Waals surface area contributed by atoms with Crippen molar-refractivity contribution in [2.45, 2.75) is 46.6 Å². The van der Waals surface area contributed by atoms with Gasteiger partial charge in [-0.15, -0.1) is 0 Å². The van der Waals surface area contributed by atoms with E-state index in [2.05, 4.69) is 41.4 Å². The second-order valence-electron chi connectivity index (χ2n) is 5.22. The second-order valence-corrected chi connectivity index (χ2v) is 5.61. The molecule has 4 heteroatoms. The Morgan fingerprint density at radius 2 is 2.11 bits per heavy atom. The van der Waals surface area contributed by atoms with Gasteiger partial charge >= 0.3 is 0 Å². The summed E-state index contributed by atoms with van der Waals surface area (Å²) in [5, 5.41) is 0. The van der Waals surface area contributed by atoms with Crippen molar-refractivity contribution in [3.05, 3.63) is 22.6 Å². The molecule has 2 heterocycles. The van der Waals surface area contributed by atoms with E-state index in [0.717, 1.165) is 28.0 Å². The van der Waals surface area contributed by atoms with E-state index < -0.39 is 0 Å². The third kappa shape index (κ3) is 2.48. The van der Waals surface area contributed by atoms with Crippen LogP contribution >= 0.6 is 12.2 Å². The Kier molecular flexibility index (Phi) is 3.85. The van der Waals surface area contributed by atoms with Gasteiger partial charge in [0, 0.05) is 11.7 Å². The van der Waals surface area contributed by atoms with E-state index in [1.807, 2.05) is 13.0 Å². The van der Waals surface area contributed by atoms with Crippen LogP contribution in [0.2, 0.25) is 0 Å². The standard InChI is InChI=1S/C14H21N3S/c1-5-9(2)8-11(4)17-13-12(16-14(17)18)7-6-10(3)15-13/h6-7,9,11H,5,8H2,1-4H3,(H,16,18). The van der Waals surface area contributed by atoms with Crippen LogP contribution in [-0.2, 0) is 0 Å². The number of pyridine rings is 1. The van der Waals surface area contributed by atoms with Gasteiger partial charge in [0.25, 0.3) is 0 Å². The van der Waals surface area contributed by atoms with Crippen molar-refractivity contribution >= 4 is 23.4 Å². The van der Waals surface area contributed by atoms with E-state index in [1.165, 1.54) is 6.42 Å². The third-order valence-corrected chi connectivity index (χ3v) is 3.88. The molecule has 0 saturated carbocycles. The molecule has 0 bridgehead atoms. The summed E-state index contributed by atoms with van der Waals surface area (Å²) in [5.41, 5.74) is 3.04. The number of nitrogens with one attached hydrogen (secondary N) is 1. The van der Waals surface area contributed by atoms with Crippen LogP contribution in [0.5, 0.6) is 0 Å². The maximum atomic E-state index is 5.43. The highest BCUT2D eigenvalue weighted by Gasteiger charge is 2.14. The number of hydrogen-bond acceptors (Lipinski definition) is 2. The van der Waals surface area contributed by atoms with Gasteiger partial charge in [0.1, 0.15) is 0 Å². The number of aromatic nitrogens is 3. The number of rotatable bonds is 4. The van der Waals surface area contributed by atoms with Crippen molar-refractivity contribution in [3.63, 3.8) is 0 Å². The Balaban J connectivity index is 2.46. The Bertz CT molecular complexity index is 597. The van der Waals surface area contributed by atoms with Crippen molar-refractivity contribution in [2.24, 2.45) is 5.92 Å². The summed E-state index contributed by atoms with van der Waals surface area (Å²) < 4.78 is 2.93. The van der Waals surface area contributed by atoms with Gasteiger partial charge in [-0.3, -0.25) is 4.57 Å². The Morgan fingerprint density at radius 1 is 1.39 bits per heavy atom.